The summed E-state index contributed by atoms with van der Waals surface area (Å²) >= 11 is 0. The van der Waals surface area contributed by atoms with Crippen molar-refractivity contribution in [3.05, 3.63) is 77.5 Å². The van der Waals surface area contributed by atoms with Gasteiger partial charge in [-0.2, -0.15) is 0 Å². The lowest BCUT2D eigenvalue weighted by Gasteiger charge is -2.29. The van der Waals surface area contributed by atoms with Crippen molar-refractivity contribution >= 4 is 11.7 Å². The molecular weight excluding hydrogens is 402 g/mol. The molecule has 32 heavy (non-hydrogen) atoms. The second-order valence-electron chi connectivity index (χ2n) is 7.98. The minimum atomic E-state index is -0.0739. The molecule has 1 amide bonds. The Kier molecular flexibility index (Phi) is 6.71. The van der Waals surface area contributed by atoms with Gasteiger partial charge in [0, 0.05) is 38.4 Å². The van der Waals surface area contributed by atoms with Gasteiger partial charge in [-0.05, 0) is 35.7 Å². The normalized spacial score (nSPS) is 13.7. The highest BCUT2D eigenvalue weighted by atomic mass is 16.5. The predicted molar refractivity (Wildman–Crippen MR) is 126 cm³/mol. The molecule has 1 aliphatic rings. The Hall–Kier alpha value is -3.38. The molecule has 6 nitrogen and oxygen atoms in total. The monoisotopic (exact) mass is 431 g/mol. The van der Waals surface area contributed by atoms with Gasteiger partial charge in [0.1, 0.15) is 11.6 Å². The fraction of sp³-hybridized carbons (Fsp3) is 0.308. The maximum Gasteiger partial charge on any atom is 0.256 e. The Morgan fingerprint density at radius 3 is 2.56 bits per heavy atom. The van der Waals surface area contributed by atoms with E-state index in [-0.39, 0.29) is 5.91 Å². The number of aryl methyl sites for hydroxylation is 1. The van der Waals surface area contributed by atoms with Crippen molar-refractivity contribution in [2.75, 3.05) is 45.4 Å². The van der Waals surface area contributed by atoms with Crippen LogP contribution in [0.1, 0.15) is 21.5 Å². The van der Waals surface area contributed by atoms with E-state index in [1.54, 1.807) is 18.2 Å². The maximum atomic E-state index is 13.6. The van der Waals surface area contributed by atoms with Gasteiger partial charge >= 0.3 is 0 Å². The van der Waals surface area contributed by atoms with Crippen LogP contribution in [0.3, 0.4) is 0 Å². The van der Waals surface area contributed by atoms with E-state index < -0.39 is 0 Å². The summed E-state index contributed by atoms with van der Waals surface area (Å²) in [5.74, 6) is 1.57. The van der Waals surface area contributed by atoms with Gasteiger partial charge in [0.25, 0.3) is 5.91 Å². The Morgan fingerprint density at radius 1 is 1.09 bits per heavy atom. The van der Waals surface area contributed by atoms with E-state index in [1.165, 1.54) is 0 Å². The lowest BCUT2D eigenvalue weighted by molar-refractivity contribution is 0.0784. The number of hydrogen-bond donors (Lipinski definition) is 0. The van der Waals surface area contributed by atoms with E-state index in [1.807, 2.05) is 49.5 Å². The number of para-hydroxylation sites is 1. The summed E-state index contributed by atoms with van der Waals surface area (Å²) < 4.78 is 10.9. The molecule has 0 spiro atoms. The Balaban J connectivity index is 1.70. The van der Waals surface area contributed by atoms with Gasteiger partial charge in [0.05, 0.1) is 25.9 Å². The number of rotatable bonds is 6. The summed E-state index contributed by atoms with van der Waals surface area (Å²) in [6, 6.07) is 17.9. The van der Waals surface area contributed by atoms with E-state index in [2.05, 4.69) is 28.9 Å². The van der Waals surface area contributed by atoms with Crippen LogP contribution in [0.25, 0.3) is 11.1 Å². The van der Waals surface area contributed by atoms with Crippen LogP contribution in [0.4, 0.5) is 5.82 Å². The second-order valence-corrected chi connectivity index (χ2v) is 7.98. The molecule has 0 atom stereocenters. The molecular formula is C26H29N3O3. The topological polar surface area (TPSA) is 54.9 Å². The first-order valence-electron chi connectivity index (χ1n) is 10.8. The third-order valence-corrected chi connectivity index (χ3v) is 5.84. The zero-order chi connectivity index (χ0) is 22.5. The molecule has 1 aromatic heterocycles. The first-order valence-corrected chi connectivity index (χ1v) is 10.8. The number of carbonyl (C=O) groups is 1. The summed E-state index contributed by atoms with van der Waals surface area (Å²) in [6.07, 6.45) is 1.72. The summed E-state index contributed by atoms with van der Waals surface area (Å²) in [5.41, 5.74) is 4.61. The molecule has 6 heteroatoms. The van der Waals surface area contributed by atoms with E-state index >= 15 is 0 Å². The lowest BCUT2D eigenvalue weighted by Crippen LogP contribution is -2.37. The molecule has 2 heterocycles. The standard InChI is InChI=1S/C26H29N3O3/c1-19-8-4-6-10-21(19)22-16-25(29-12-14-32-15-13-29)27-17-23(22)26(30)28(2)18-20-9-5-7-11-24(20)31-3/h4-11,16-17H,12-15,18H2,1-3H3. The molecule has 0 aliphatic carbocycles. The number of hydrogen-bond acceptors (Lipinski definition) is 5. The van der Waals surface area contributed by atoms with Crippen LogP contribution in [0.2, 0.25) is 0 Å². The van der Waals surface area contributed by atoms with Crippen molar-refractivity contribution in [3.8, 4) is 16.9 Å². The molecule has 0 saturated carbocycles. The second kappa shape index (κ2) is 9.83. The maximum absolute atomic E-state index is 13.6. The quantitative estimate of drug-likeness (QED) is 0.586. The SMILES string of the molecule is COc1ccccc1CN(C)C(=O)c1cnc(N2CCOCC2)cc1-c1ccccc1C. The highest BCUT2D eigenvalue weighted by Crippen LogP contribution is 2.31. The number of anilines is 1. The predicted octanol–water partition coefficient (Wildman–Crippen LogP) is 4.17. The number of pyridine rings is 1. The minimum Gasteiger partial charge on any atom is -0.496 e. The van der Waals surface area contributed by atoms with Gasteiger partial charge < -0.3 is 19.3 Å². The number of nitrogens with zero attached hydrogens (tertiary/aromatic N) is 3. The van der Waals surface area contributed by atoms with Crippen LogP contribution in [-0.2, 0) is 11.3 Å². The van der Waals surface area contributed by atoms with Gasteiger partial charge in [0.15, 0.2) is 0 Å². The summed E-state index contributed by atoms with van der Waals surface area (Å²) in [7, 11) is 3.46. The third kappa shape index (κ3) is 4.60. The molecule has 3 aromatic rings. The number of carbonyl (C=O) groups excluding carboxylic acids is 1. The van der Waals surface area contributed by atoms with Crippen LogP contribution >= 0.6 is 0 Å². The third-order valence-electron chi connectivity index (χ3n) is 5.84. The number of benzene rings is 2. The first kappa shape index (κ1) is 21.8. The van der Waals surface area contributed by atoms with Gasteiger partial charge in [-0.1, -0.05) is 42.5 Å². The largest absolute Gasteiger partial charge is 0.496 e. The molecule has 166 valence electrons. The molecule has 0 N–H and O–H groups in total. The molecule has 4 rings (SSSR count). The van der Waals surface area contributed by atoms with Crippen molar-refractivity contribution in [1.29, 1.82) is 0 Å². The molecule has 0 bridgehead atoms. The number of morpholine rings is 1. The van der Waals surface area contributed by atoms with Crippen molar-refractivity contribution in [3.63, 3.8) is 0 Å². The van der Waals surface area contributed by atoms with Crippen LogP contribution < -0.4 is 9.64 Å². The molecule has 1 fully saturated rings. The number of amides is 1. The minimum absolute atomic E-state index is 0.0739. The van der Waals surface area contributed by atoms with Crippen LogP contribution in [-0.4, -0.2) is 56.3 Å². The Labute approximate surface area is 189 Å². The average molecular weight is 432 g/mol. The van der Waals surface area contributed by atoms with Crippen LogP contribution in [0, 0.1) is 6.92 Å². The van der Waals surface area contributed by atoms with Crippen molar-refractivity contribution < 1.29 is 14.3 Å². The smallest absolute Gasteiger partial charge is 0.256 e. The van der Waals surface area contributed by atoms with Crippen molar-refractivity contribution in [2.45, 2.75) is 13.5 Å². The molecule has 0 unspecified atom stereocenters. The summed E-state index contributed by atoms with van der Waals surface area (Å²) in [4.78, 5) is 22.1. The number of methoxy groups -OCH3 is 1. The highest BCUT2D eigenvalue weighted by molar-refractivity contribution is 6.01. The van der Waals surface area contributed by atoms with Gasteiger partial charge in [-0.3, -0.25) is 4.79 Å². The molecule has 0 radical (unpaired) electrons. The van der Waals surface area contributed by atoms with Crippen molar-refractivity contribution in [1.82, 2.24) is 9.88 Å². The molecule has 1 saturated heterocycles. The van der Waals surface area contributed by atoms with Gasteiger partial charge in [0.2, 0.25) is 0 Å². The Bertz CT molecular complexity index is 1090. The lowest BCUT2D eigenvalue weighted by atomic mass is 9.96. The fourth-order valence-electron chi connectivity index (χ4n) is 4.04. The first-order chi connectivity index (χ1) is 15.6. The number of ether oxygens (including phenoxy) is 2. The fourth-order valence-corrected chi connectivity index (χ4v) is 4.04. The summed E-state index contributed by atoms with van der Waals surface area (Å²) in [5, 5.41) is 0. The average Bonchev–Trinajstić information content (AvgIpc) is 2.84. The van der Waals surface area contributed by atoms with E-state index in [0.717, 1.165) is 46.9 Å². The van der Waals surface area contributed by atoms with E-state index in [0.29, 0.717) is 25.3 Å². The van der Waals surface area contributed by atoms with Gasteiger partial charge in [-0.15, -0.1) is 0 Å². The van der Waals surface area contributed by atoms with E-state index in [9.17, 15) is 4.79 Å². The zero-order valence-corrected chi connectivity index (χ0v) is 18.9. The van der Waals surface area contributed by atoms with Crippen LogP contribution in [0.15, 0.2) is 60.8 Å². The van der Waals surface area contributed by atoms with Crippen molar-refractivity contribution in [2.24, 2.45) is 0 Å². The summed E-state index contributed by atoms with van der Waals surface area (Å²) in [6.45, 7) is 5.47. The van der Waals surface area contributed by atoms with E-state index in [4.69, 9.17) is 9.47 Å². The highest BCUT2D eigenvalue weighted by Gasteiger charge is 2.22. The zero-order valence-electron chi connectivity index (χ0n) is 18.9. The van der Waals surface area contributed by atoms with Crippen LogP contribution in [0.5, 0.6) is 5.75 Å². The Morgan fingerprint density at radius 2 is 1.81 bits per heavy atom. The van der Waals surface area contributed by atoms with Gasteiger partial charge in [-0.25, -0.2) is 4.98 Å². The molecule has 2 aromatic carbocycles. The number of aromatic nitrogens is 1. The molecule has 1 aliphatic heterocycles.